The lowest BCUT2D eigenvalue weighted by molar-refractivity contribution is 0.102. The number of rotatable bonds is 5. The van der Waals surface area contributed by atoms with E-state index in [1.54, 1.807) is 23.6 Å². The van der Waals surface area contributed by atoms with Crippen LogP contribution in [0.15, 0.2) is 42.6 Å². The standard InChI is InChI=1S/C25H27N7O2S/c33-24(19-6-4-5-17(27-19)18-7-8-26-30-18)28-20-16-23-21(15-22(20)31-9-2-1-3-10-31)29-25(35-23)32-11-13-34-14-12-32/h4-8,15-16H,1-3,9-14H2,(H,26,30)(H,28,33). The maximum atomic E-state index is 13.3. The van der Waals surface area contributed by atoms with Gasteiger partial charge in [-0.1, -0.05) is 17.4 Å². The number of carbonyl (C=O) groups excluding carboxylic acids is 1. The third-order valence-electron chi connectivity index (χ3n) is 6.48. The average Bonchev–Trinajstić information content (AvgIpc) is 3.60. The molecule has 2 saturated heterocycles. The number of amides is 1. The molecule has 5 heterocycles. The van der Waals surface area contributed by atoms with Gasteiger partial charge in [0.25, 0.3) is 5.91 Å². The Balaban J connectivity index is 1.34. The molecule has 3 aromatic heterocycles. The highest BCUT2D eigenvalue weighted by Gasteiger charge is 2.21. The zero-order valence-electron chi connectivity index (χ0n) is 19.4. The summed E-state index contributed by atoms with van der Waals surface area (Å²) >= 11 is 1.66. The van der Waals surface area contributed by atoms with Gasteiger partial charge in [0.1, 0.15) is 5.69 Å². The van der Waals surface area contributed by atoms with Crippen molar-refractivity contribution in [2.45, 2.75) is 19.3 Å². The molecule has 0 unspecified atom stereocenters. The van der Waals surface area contributed by atoms with E-state index in [1.165, 1.54) is 6.42 Å². The molecule has 1 amide bonds. The molecule has 1 aromatic carbocycles. The van der Waals surface area contributed by atoms with Gasteiger partial charge in [-0.3, -0.25) is 9.89 Å². The fraction of sp³-hybridized carbons (Fsp3) is 0.360. The van der Waals surface area contributed by atoms with Crippen LogP contribution in [0.5, 0.6) is 0 Å². The van der Waals surface area contributed by atoms with Crippen LogP contribution in [-0.4, -0.2) is 65.5 Å². The van der Waals surface area contributed by atoms with E-state index in [-0.39, 0.29) is 5.91 Å². The fourth-order valence-electron chi connectivity index (χ4n) is 4.63. The summed E-state index contributed by atoms with van der Waals surface area (Å²) < 4.78 is 6.56. The number of carbonyl (C=O) groups is 1. The summed E-state index contributed by atoms with van der Waals surface area (Å²) in [5, 5.41) is 11.0. The second kappa shape index (κ2) is 9.63. The topological polar surface area (TPSA) is 99.3 Å². The molecule has 0 bridgehead atoms. The van der Waals surface area contributed by atoms with E-state index >= 15 is 0 Å². The number of H-pyrrole nitrogens is 1. The molecule has 0 radical (unpaired) electrons. The number of aromatic amines is 1. The van der Waals surface area contributed by atoms with Crippen molar-refractivity contribution in [3.63, 3.8) is 0 Å². The number of nitrogens with one attached hydrogen (secondary N) is 2. The molecule has 10 heteroatoms. The quantitative estimate of drug-likeness (QED) is 0.434. The van der Waals surface area contributed by atoms with Crippen LogP contribution < -0.4 is 15.1 Å². The van der Waals surface area contributed by atoms with Gasteiger partial charge in [-0.05, 0) is 49.6 Å². The number of ether oxygens (including phenoxy) is 1. The minimum Gasteiger partial charge on any atom is -0.378 e. The molecular weight excluding hydrogens is 462 g/mol. The van der Waals surface area contributed by atoms with Gasteiger partial charge in [-0.2, -0.15) is 5.10 Å². The maximum Gasteiger partial charge on any atom is 0.274 e. The zero-order chi connectivity index (χ0) is 23.6. The normalized spacial score (nSPS) is 16.6. The third kappa shape index (κ3) is 4.59. The Morgan fingerprint density at radius 3 is 2.66 bits per heavy atom. The smallest absolute Gasteiger partial charge is 0.274 e. The number of hydrogen-bond acceptors (Lipinski definition) is 8. The molecule has 0 spiro atoms. The summed E-state index contributed by atoms with van der Waals surface area (Å²) in [6.07, 6.45) is 5.21. The van der Waals surface area contributed by atoms with Crippen LogP contribution >= 0.6 is 11.3 Å². The van der Waals surface area contributed by atoms with Gasteiger partial charge in [0.2, 0.25) is 0 Å². The summed E-state index contributed by atoms with van der Waals surface area (Å²) in [6.45, 7) is 5.09. The van der Waals surface area contributed by atoms with Gasteiger partial charge in [0.15, 0.2) is 5.13 Å². The largest absolute Gasteiger partial charge is 0.378 e. The van der Waals surface area contributed by atoms with Crippen LogP contribution in [0.3, 0.4) is 0 Å². The number of hydrogen-bond donors (Lipinski definition) is 2. The fourth-order valence-corrected chi connectivity index (χ4v) is 5.67. The number of thiazole rings is 1. The highest BCUT2D eigenvalue weighted by molar-refractivity contribution is 7.22. The first kappa shape index (κ1) is 22.0. The number of nitrogens with zero attached hydrogens (tertiary/aromatic N) is 5. The lowest BCUT2D eigenvalue weighted by Crippen LogP contribution is -2.36. The van der Waals surface area contributed by atoms with E-state index in [4.69, 9.17) is 9.72 Å². The predicted molar refractivity (Wildman–Crippen MR) is 138 cm³/mol. The minimum absolute atomic E-state index is 0.234. The molecule has 0 atom stereocenters. The highest BCUT2D eigenvalue weighted by Crippen LogP contribution is 2.38. The molecule has 0 aliphatic carbocycles. The van der Waals surface area contributed by atoms with Crippen LogP contribution in [0.1, 0.15) is 29.8 Å². The Labute approximate surface area is 207 Å². The lowest BCUT2D eigenvalue weighted by atomic mass is 10.1. The van der Waals surface area contributed by atoms with Crippen molar-refractivity contribution < 1.29 is 9.53 Å². The molecule has 0 saturated carbocycles. The van der Waals surface area contributed by atoms with Crippen molar-refractivity contribution in [1.82, 2.24) is 20.2 Å². The van der Waals surface area contributed by atoms with Crippen LogP contribution in [0, 0.1) is 0 Å². The Morgan fingerprint density at radius 2 is 1.86 bits per heavy atom. The van der Waals surface area contributed by atoms with Crippen molar-refractivity contribution in [3.8, 4) is 11.4 Å². The number of fused-ring (bicyclic) bond motifs is 1. The SMILES string of the molecule is O=C(Nc1cc2sc(N3CCOCC3)nc2cc1N1CCCCC1)c1cccc(-c2ccn[nH]2)n1. The Bertz CT molecular complexity index is 1330. The van der Waals surface area contributed by atoms with Gasteiger partial charge in [0.05, 0.1) is 46.2 Å². The average molecular weight is 490 g/mol. The Hall–Kier alpha value is -3.50. The van der Waals surface area contributed by atoms with E-state index in [9.17, 15) is 4.79 Å². The van der Waals surface area contributed by atoms with Crippen molar-refractivity contribution in [2.75, 3.05) is 54.5 Å². The molecule has 2 aliphatic rings. The van der Waals surface area contributed by atoms with Crippen molar-refractivity contribution in [1.29, 1.82) is 0 Å². The second-order valence-electron chi connectivity index (χ2n) is 8.81. The molecule has 35 heavy (non-hydrogen) atoms. The maximum absolute atomic E-state index is 13.3. The van der Waals surface area contributed by atoms with Gasteiger partial charge < -0.3 is 19.9 Å². The summed E-state index contributed by atoms with van der Waals surface area (Å²) in [7, 11) is 0. The van der Waals surface area contributed by atoms with E-state index in [2.05, 4.69) is 42.4 Å². The summed E-state index contributed by atoms with van der Waals surface area (Å²) in [5.74, 6) is -0.234. The van der Waals surface area contributed by atoms with Crippen LogP contribution in [-0.2, 0) is 4.74 Å². The summed E-state index contributed by atoms with van der Waals surface area (Å²) in [6, 6.07) is 11.5. The van der Waals surface area contributed by atoms with Gasteiger partial charge in [0, 0.05) is 32.4 Å². The predicted octanol–water partition coefficient (Wildman–Crippen LogP) is 4.16. The number of piperidine rings is 1. The first-order valence-corrected chi connectivity index (χ1v) is 12.9. The molecular formula is C25H27N7O2S. The third-order valence-corrected chi connectivity index (χ3v) is 7.56. The van der Waals surface area contributed by atoms with E-state index in [1.807, 2.05) is 18.2 Å². The Kier molecular flexibility index (Phi) is 6.05. The van der Waals surface area contributed by atoms with Gasteiger partial charge in [-0.25, -0.2) is 9.97 Å². The molecule has 4 aromatic rings. The molecule has 2 fully saturated rings. The minimum atomic E-state index is -0.234. The molecule has 6 rings (SSSR count). The van der Waals surface area contributed by atoms with Crippen LogP contribution in [0.4, 0.5) is 16.5 Å². The van der Waals surface area contributed by atoms with Crippen molar-refractivity contribution in [3.05, 3.63) is 48.3 Å². The second-order valence-corrected chi connectivity index (χ2v) is 9.82. The van der Waals surface area contributed by atoms with E-state index in [0.29, 0.717) is 11.4 Å². The van der Waals surface area contributed by atoms with Gasteiger partial charge in [-0.15, -0.1) is 0 Å². The van der Waals surface area contributed by atoms with Crippen LogP contribution in [0.25, 0.3) is 21.6 Å². The zero-order valence-corrected chi connectivity index (χ0v) is 20.2. The number of anilines is 3. The molecule has 2 aliphatic heterocycles. The van der Waals surface area contributed by atoms with Crippen molar-refractivity contribution >= 4 is 44.0 Å². The first-order chi connectivity index (χ1) is 17.2. The van der Waals surface area contributed by atoms with Gasteiger partial charge >= 0.3 is 0 Å². The van der Waals surface area contributed by atoms with E-state index in [0.717, 1.165) is 84.7 Å². The molecule has 2 N–H and O–H groups in total. The highest BCUT2D eigenvalue weighted by atomic mass is 32.1. The summed E-state index contributed by atoms with van der Waals surface area (Å²) in [5.41, 5.74) is 4.61. The molecule has 180 valence electrons. The summed E-state index contributed by atoms with van der Waals surface area (Å²) in [4.78, 5) is 27.4. The number of aromatic nitrogens is 4. The molecule has 9 nitrogen and oxygen atoms in total. The number of morpholine rings is 1. The Morgan fingerprint density at radius 1 is 1.00 bits per heavy atom. The lowest BCUT2D eigenvalue weighted by Gasteiger charge is -2.30. The number of pyridine rings is 1. The monoisotopic (exact) mass is 489 g/mol. The van der Waals surface area contributed by atoms with Crippen LogP contribution in [0.2, 0.25) is 0 Å². The first-order valence-electron chi connectivity index (χ1n) is 12.0. The van der Waals surface area contributed by atoms with E-state index < -0.39 is 0 Å². The van der Waals surface area contributed by atoms with Crippen molar-refractivity contribution in [2.24, 2.45) is 0 Å². The number of benzene rings is 1.